The SMILES string of the molecule is COC(=O)N1CCC(Cc2cccc([C@@H](CC#N)Nc3nc4nc(C)ccc4[nH]3)c2)CC1. The van der Waals surface area contributed by atoms with Crippen molar-refractivity contribution in [2.45, 2.75) is 38.6 Å². The van der Waals surface area contributed by atoms with E-state index >= 15 is 0 Å². The van der Waals surface area contributed by atoms with Crippen molar-refractivity contribution in [2.24, 2.45) is 5.92 Å². The molecule has 2 N–H and O–H groups in total. The number of pyridine rings is 1. The molecule has 1 aliphatic rings. The second-order valence-corrected chi connectivity index (χ2v) is 8.32. The van der Waals surface area contributed by atoms with Gasteiger partial charge in [-0.25, -0.2) is 9.78 Å². The van der Waals surface area contributed by atoms with Crippen molar-refractivity contribution in [1.82, 2.24) is 19.9 Å². The van der Waals surface area contributed by atoms with Crippen molar-refractivity contribution in [1.29, 1.82) is 5.26 Å². The van der Waals surface area contributed by atoms with Gasteiger partial charge in [-0.1, -0.05) is 24.3 Å². The van der Waals surface area contributed by atoms with Crippen LogP contribution in [0.3, 0.4) is 0 Å². The Morgan fingerprint density at radius 1 is 1.31 bits per heavy atom. The van der Waals surface area contributed by atoms with Gasteiger partial charge in [0.25, 0.3) is 0 Å². The Bertz CT molecular complexity index is 1130. The molecule has 4 rings (SSSR count). The van der Waals surface area contributed by atoms with Crippen LogP contribution < -0.4 is 5.32 Å². The second-order valence-electron chi connectivity index (χ2n) is 8.32. The Balaban J connectivity index is 1.45. The lowest BCUT2D eigenvalue weighted by Gasteiger charge is -2.31. The number of carbonyl (C=O) groups excluding carboxylic acids is 1. The van der Waals surface area contributed by atoms with Crippen molar-refractivity contribution in [2.75, 3.05) is 25.5 Å². The first-order valence-corrected chi connectivity index (χ1v) is 10.9. The minimum absolute atomic E-state index is 0.178. The number of piperidine rings is 1. The summed E-state index contributed by atoms with van der Waals surface area (Å²) < 4.78 is 4.82. The Morgan fingerprint density at radius 2 is 2.12 bits per heavy atom. The van der Waals surface area contributed by atoms with E-state index in [9.17, 15) is 10.1 Å². The fraction of sp³-hybridized carbons (Fsp3) is 0.417. The van der Waals surface area contributed by atoms with E-state index < -0.39 is 0 Å². The number of anilines is 1. The predicted octanol–water partition coefficient (Wildman–Crippen LogP) is 4.35. The Morgan fingerprint density at radius 3 is 2.88 bits per heavy atom. The number of aromatic amines is 1. The number of rotatable bonds is 6. The molecule has 0 unspecified atom stereocenters. The standard InChI is InChI=1S/C24H28N6O2/c1-16-6-7-21-22(26-16)29-23(28-21)27-20(8-11-25)19-5-3-4-18(15-19)14-17-9-12-30(13-10-17)24(31)32-2/h3-7,15,17,20H,8-10,12-14H2,1-2H3,(H2,26,27,28,29)/t20-/m1/s1. The van der Waals surface area contributed by atoms with Crippen LogP contribution in [0.1, 0.15) is 42.1 Å². The van der Waals surface area contributed by atoms with Crippen LogP contribution >= 0.6 is 0 Å². The zero-order valence-electron chi connectivity index (χ0n) is 18.5. The number of hydrogen-bond acceptors (Lipinski definition) is 6. The van der Waals surface area contributed by atoms with Crippen LogP contribution in [0.2, 0.25) is 0 Å². The maximum Gasteiger partial charge on any atom is 0.409 e. The number of amides is 1. The Kier molecular flexibility index (Phi) is 6.55. The van der Waals surface area contributed by atoms with Crippen molar-refractivity contribution in [3.05, 3.63) is 53.2 Å². The highest BCUT2D eigenvalue weighted by molar-refractivity contribution is 5.73. The number of imidazole rings is 1. The molecular weight excluding hydrogens is 404 g/mol. The van der Waals surface area contributed by atoms with E-state index in [1.165, 1.54) is 12.7 Å². The fourth-order valence-corrected chi connectivity index (χ4v) is 4.28. The molecule has 8 nitrogen and oxygen atoms in total. The van der Waals surface area contributed by atoms with Gasteiger partial charge in [-0.15, -0.1) is 0 Å². The summed E-state index contributed by atoms with van der Waals surface area (Å²) in [5.74, 6) is 1.14. The van der Waals surface area contributed by atoms with Crippen molar-refractivity contribution in [3.8, 4) is 6.07 Å². The monoisotopic (exact) mass is 432 g/mol. The van der Waals surface area contributed by atoms with Crippen LogP contribution in [0.25, 0.3) is 11.2 Å². The zero-order chi connectivity index (χ0) is 22.5. The molecule has 0 aliphatic carbocycles. The number of likely N-dealkylation sites (tertiary alicyclic amines) is 1. The molecule has 0 bridgehead atoms. The summed E-state index contributed by atoms with van der Waals surface area (Å²) in [6, 6.07) is 14.4. The molecule has 166 valence electrons. The molecule has 1 saturated heterocycles. The van der Waals surface area contributed by atoms with Crippen LogP contribution in [0.4, 0.5) is 10.7 Å². The molecule has 1 atom stereocenters. The number of benzene rings is 1. The highest BCUT2D eigenvalue weighted by Gasteiger charge is 2.23. The molecule has 8 heteroatoms. The van der Waals surface area contributed by atoms with Gasteiger partial charge < -0.3 is 19.9 Å². The van der Waals surface area contributed by atoms with Crippen molar-refractivity contribution < 1.29 is 9.53 Å². The molecule has 32 heavy (non-hydrogen) atoms. The molecular formula is C24H28N6O2. The number of aromatic nitrogens is 3. The lowest BCUT2D eigenvalue weighted by atomic mass is 9.89. The van der Waals surface area contributed by atoms with Gasteiger partial charge >= 0.3 is 6.09 Å². The molecule has 0 spiro atoms. The van der Waals surface area contributed by atoms with Gasteiger partial charge in [0.2, 0.25) is 5.95 Å². The molecule has 1 aliphatic heterocycles. The number of H-pyrrole nitrogens is 1. The van der Waals surface area contributed by atoms with Crippen molar-refractivity contribution in [3.63, 3.8) is 0 Å². The number of ether oxygens (including phenoxy) is 1. The largest absolute Gasteiger partial charge is 0.453 e. The smallest absolute Gasteiger partial charge is 0.409 e. The molecule has 1 fully saturated rings. The van der Waals surface area contributed by atoms with E-state index in [2.05, 4.69) is 38.5 Å². The molecule has 2 aromatic heterocycles. The third-order valence-electron chi connectivity index (χ3n) is 6.02. The lowest BCUT2D eigenvalue weighted by molar-refractivity contribution is 0.106. The highest BCUT2D eigenvalue weighted by atomic mass is 16.5. The van der Waals surface area contributed by atoms with Gasteiger partial charge in [-0.05, 0) is 55.4 Å². The predicted molar refractivity (Wildman–Crippen MR) is 122 cm³/mol. The average molecular weight is 433 g/mol. The van der Waals surface area contributed by atoms with Gasteiger partial charge in [0.05, 0.1) is 31.2 Å². The number of hydrogen-bond donors (Lipinski definition) is 2. The van der Waals surface area contributed by atoms with E-state index in [0.29, 0.717) is 23.9 Å². The van der Waals surface area contributed by atoms with E-state index in [1.807, 2.05) is 31.2 Å². The first kappa shape index (κ1) is 21.6. The van der Waals surface area contributed by atoms with Gasteiger partial charge in [-0.3, -0.25) is 0 Å². The molecule has 1 aromatic carbocycles. The van der Waals surface area contributed by atoms with Crippen LogP contribution in [0, 0.1) is 24.2 Å². The number of aryl methyl sites for hydroxylation is 1. The fourth-order valence-electron chi connectivity index (χ4n) is 4.28. The summed E-state index contributed by atoms with van der Waals surface area (Å²) in [7, 11) is 1.43. The second kappa shape index (κ2) is 9.69. The zero-order valence-corrected chi connectivity index (χ0v) is 18.5. The number of nitrogens with zero attached hydrogens (tertiary/aromatic N) is 4. The van der Waals surface area contributed by atoms with Gasteiger partial charge in [0.15, 0.2) is 5.65 Å². The summed E-state index contributed by atoms with van der Waals surface area (Å²) >= 11 is 0. The summed E-state index contributed by atoms with van der Waals surface area (Å²) in [6.45, 7) is 3.40. The molecule has 0 radical (unpaired) electrons. The minimum Gasteiger partial charge on any atom is -0.453 e. The maximum atomic E-state index is 11.7. The Hall–Kier alpha value is -3.60. The minimum atomic E-state index is -0.244. The van der Waals surface area contributed by atoms with Crippen LogP contribution in [-0.2, 0) is 11.2 Å². The number of nitrogens with one attached hydrogen (secondary N) is 2. The number of methoxy groups -OCH3 is 1. The summed E-state index contributed by atoms with van der Waals surface area (Å²) in [4.78, 5) is 25.7. The summed E-state index contributed by atoms with van der Waals surface area (Å²) in [5.41, 5.74) is 4.73. The maximum absolute atomic E-state index is 11.7. The quantitative estimate of drug-likeness (QED) is 0.599. The summed E-state index contributed by atoms with van der Waals surface area (Å²) in [5, 5.41) is 12.8. The van der Waals surface area contributed by atoms with E-state index in [1.54, 1.807) is 4.90 Å². The first-order chi connectivity index (χ1) is 15.6. The van der Waals surface area contributed by atoms with Gasteiger partial charge in [-0.2, -0.15) is 10.2 Å². The number of fused-ring (bicyclic) bond motifs is 1. The first-order valence-electron chi connectivity index (χ1n) is 10.9. The molecule has 1 amide bonds. The van der Waals surface area contributed by atoms with E-state index in [-0.39, 0.29) is 12.1 Å². The number of carbonyl (C=O) groups is 1. The summed E-state index contributed by atoms with van der Waals surface area (Å²) in [6.07, 6.45) is 2.96. The molecule has 3 aromatic rings. The van der Waals surface area contributed by atoms with E-state index in [4.69, 9.17) is 4.74 Å². The normalized spacial score (nSPS) is 15.3. The molecule has 0 saturated carbocycles. The molecule has 3 heterocycles. The third-order valence-corrected chi connectivity index (χ3v) is 6.02. The van der Waals surface area contributed by atoms with Crippen LogP contribution in [-0.4, -0.2) is 46.1 Å². The van der Waals surface area contributed by atoms with Crippen LogP contribution in [0.15, 0.2) is 36.4 Å². The van der Waals surface area contributed by atoms with Crippen molar-refractivity contribution >= 4 is 23.2 Å². The lowest BCUT2D eigenvalue weighted by Crippen LogP contribution is -2.38. The van der Waals surface area contributed by atoms with Gasteiger partial charge in [0.1, 0.15) is 0 Å². The Labute approximate surface area is 187 Å². The average Bonchev–Trinajstić information content (AvgIpc) is 3.20. The van der Waals surface area contributed by atoms with E-state index in [0.717, 1.165) is 49.1 Å². The number of nitriles is 1. The highest BCUT2D eigenvalue weighted by Crippen LogP contribution is 2.26. The van der Waals surface area contributed by atoms with Crippen LogP contribution in [0.5, 0.6) is 0 Å². The van der Waals surface area contributed by atoms with Gasteiger partial charge in [0, 0.05) is 18.8 Å². The topological polar surface area (TPSA) is 107 Å². The third kappa shape index (κ3) is 4.99.